The molecule has 1 aliphatic heterocycles. The first-order chi connectivity index (χ1) is 14.4. The number of non-ortho nitro benzene ring substituents is 1. The molecule has 0 spiro atoms. The van der Waals surface area contributed by atoms with Crippen LogP contribution in [0.15, 0.2) is 66.4 Å². The molecule has 0 amide bonds. The van der Waals surface area contributed by atoms with E-state index in [1.807, 2.05) is 0 Å². The van der Waals surface area contributed by atoms with Crippen molar-refractivity contribution >= 4 is 17.5 Å². The summed E-state index contributed by atoms with van der Waals surface area (Å²) in [4.78, 5) is 23.0. The van der Waals surface area contributed by atoms with Gasteiger partial charge in [0.05, 0.1) is 10.5 Å². The Morgan fingerprint density at radius 2 is 1.77 bits per heavy atom. The molecule has 6 nitrogen and oxygen atoms in total. The number of fused-ring (bicyclic) bond motifs is 1. The van der Waals surface area contributed by atoms with Crippen molar-refractivity contribution < 1.29 is 23.6 Å². The molecule has 30 heavy (non-hydrogen) atoms. The lowest BCUT2D eigenvalue weighted by molar-refractivity contribution is -0.384. The molecule has 0 aromatic heterocycles. The molecule has 0 unspecified atom stereocenters. The van der Waals surface area contributed by atoms with Crippen molar-refractivity contribution in [2.45, 2.75) is 13.5 Å². The maximum atomic E-state index is 13.0. The van der Waals surface area contributed by atoms with Crippen LogP contribution in [0.1, 0.15) is 27.0 Å². The Morgan fingerprint density at radius 1 is 1.07 bits per heavy atom. The minimum absolute atomic E-state index is 0.0297. The van der Waals surface area contributed by atoms with Crippen LogP contribution < -0.4 is 9.47 Å². The van der Waals surface area contributed by atoms with Crippen LogP contribution in [0.2, 0.25) is 0 Å². The fraction of sp³-hybridized carbons (Fsp3) is 0.0870. The van der Waals surface area contributed by atoms with Gasteiger partial charge in [-0.25, -0.2) is 4.39 Å². The van der Waals surface area contributed by atoms with E-state index in [4.69, 9.17) is 9.47 Å². The number of carbonyl (C=O) groups is 1. The van der Waals surface area contributed by atoms with Crippen LogP contribution >= 0.6 is 0 Å². The number of carbonyl (C=O) groups excluding carboxylic acids is 1. The number of nitro benzene ring substituents is 1. The molecule has 0 bridgehead atoms. The van der Waals surface area contributed by atoms with Gasteiger partial charge in [-0.2, -0.15) is 0 Å². The van der Waals surface area contributed by atoms with Crippen molar-refractivity contribution in [1.82, 2.24) is 0 Å². The molecule has 0 radical (unpaired) electrons. The highest BCUT2D eigenvalue weighted by atomic mass is 19.1. The Morgan fingerprint density at radius 3 is 2.43 bits per heavy atom. The Balaban J connectivity index is 1.54. The molecule has 0 saturated carbocycles. The number of Topliss-reactive ketones (excluding diaryl/α,β-unsaturated/α-hetero) is 1. The maximum Gasteiger partial charge on any atom is 0.269 e. The summed E-state index contributed by atoms with van der Waals surface area (Å²) < 4.78 is 24.6. The minimum atomic E-state index is -0.485. The quantitative estimate of drug-likeness (QED) is 0.330. The van der Waals surface area contributed by atoms with E-state index in [9.17, 15) is 19.3 Å². The van der Waals surface area contributed by atoms with Crippen LogP contribution in [0, 0.1) is 22.9 Å². The number of hydrogen-bond donors (Lipinski definition) is 0. The fourth-order valence-electron chi connectivity index (χ4n) is 3.11. The van der Waals surface area contributed by atoms with Gasteiger partial charge in [0, 0.05) is 17.7 Å². The van der Waals surface area contributed by atoms with Crippen molar-refractivity contribution in [2.24, 2.45) is 0 Å². The van der Waals surface area contributed by atoms with Gasteiger partial charge in [-0.15, -0.1) is 0 Å². The molecule has 3 aromatic carbocycles. The van der Waals surface area contributed by atoms with Crippen molar-refractivity contribution in [3.8, 4) is 11.5 Å². The largest absolute Gasteiger partial charge is 0.488 e. The van der Waals surface area contributed by atoms with E-state index >= 15 is 0 Å². The van der Waals surface area contributed by atoms with E-state index in [0.717, 1.165) is 5.56 Å². The van der Waals surface area contributed by atoms with Crippen LogP contribution in [-0.2, 0) is 6.61 Å². The second-order valence-corrected chi connectivity index (χ2v) is 6.77. The maximum absolute atomic E-state index is 13.0. The number of benzene rings is 3. The Kier molecular flexibility index (Phi) is 5.02. The molecule has 3 aromatic rings. The summed E-state index contributed by atoms with van der Waals surface area (Å²) in [7, 11) is 0. The van der Waals surface area contributed by atoms with Gasteiger partial charge in [-0.3, -0.25) is 14.9 Å². The third-order valence-corrected chi connectivity index (χ3v) is 4.75. The average Bonchev–Trinajstić information content (AvgIpc) is 3.05. The van der Waals surface area contributed by atoms with E-state index in [0.29, 0.717) is 28.2 Å². The SMILES string of the molecule is Cc1c(OCc2ccc(F)cc2)ccc2c1O/C(=C\c1ccc([N+](=O)[O-])cc1)C2=O. The van der Waals surface area contributed by atoms with Crippen molar-refractivity contribution in [3.05, 3.63) is 105 Å². The summed E-state index contributed by atoms with van der Waals surface area (Å²) in [6, 6.07) is 15.2. The normalized spacial score (nSPS) is 13.8. The second-order valence-electron chi connectivity index (χ2n) is 6.77. The fourth-order valence-corrected chi connectivity index (χ4v) is 3.11. The van der Waals surface area contributed by atoms with Gasteiger partial charge in [0.1, 0.15) is 23.9 Å². The summed E-state index contributed by atoms with van der Waals surface area (Å²) in [6.45, 7) is 2.04. The predicted molar refractivity (Wildman–Crippen MR) is 108 cm³/mol. The number of nitrogens with zero attached hydrogens (tertiary/aromatic N) is 1. The molecular formula is C23H16FNO5. The molecule has 7 heteroatoms. The highest BCUT2D eigenvalue weighted by Crippen LogP contribution is 2.39. The van der Waals surface area contributed by atoms with E-state index in [2.05, 4.69) is 0 Å². The molecular weight excluding hydrogens is 389 g/mol. The van der Waals surface area contributed by atoms with Gasteiger partial charge >= 0.3 is 0 Å². The van der Waals surface area contributed by atoms with Crippen molar-refractivity contribution in [3.63, 3.8) is 0 Å². The lowest BCUT2D eigenvalue weighted by atomic mass is 10.1. The monoisotopic (exact) mass is 405 g/mol. The lowest BCUT2D eigenvalue weighted by Gasteiger charge is -2.11. The summed E-state index contributed by atoms with van der Waals surface area (Å²) in [5, 5.41) is 10.8. The van der Waals surface area contributed by atoms with Gasteiger partial charge in [-0.1, -0.05) is 12.1 Å². The standard InChI is InChI=1S/C23H16FNO5/c1-14-20(29-13-16-2-6-17(24)7-3-16)11-10-19-22(26)21(30-23(14)19)12-15-4-8-18(9-5-15)25(27)28/h2-12H,13H2,1H3/b21-12-. The number of ketones is 1. The number of rotatable bonds is 5. The van der Waals surface area contributed by atoms with Crippen LogP contribution in [0.3, 0.4) is 0 Å². The first-order valence-electron chi connectivity index (χ1n) is 9.12. The van der Waals surface area contributed by atoms with Crippen LogP contribution in [0.4, 0.5) is 10.1 Å². The number of allylic oxidation sites excluding steroid dienone is 1. The third kappa shape index (κ3) is 3.77. The average molecular weight is 405 g/mol. The van der Waals surface area contributed by atoms with Gasteiger partial charge in [0.2, 0.25) is 5.78 Å². The smallest absolute Gasteiger partial charge is 0.269 e. The Hall–Kier alpha value is -4.00. The Labute approximate surface area is 171 Å². The third-order valence-electron chi connectivity index (χ3n) is 4.75. The molecule has 1 heterocycles. The highest BCUT2D eigenvalue weighted by Gasteiger charge is 2.30. The van der Waals surface area contributed by atoms with Crippen LogP contribution in [-0.4, -0.2) is 10.7 Å². The lowest BCUT2D eigenvalue weighted by Crippen LogP contribution is -1.98. The van der Waals surface area contributed by atoms with Gasteiger partial charge in [0.25, 0.3) is 5.69 Å². The summed E-state index contributed by atoms with van der Waals surface area (Å²) in [5.74, 6) is 0.535. The van der Waals surface area contributed by atoms with Gasteiger partial charge in [0.15, 0.2) is 5.76 Å². The molecule has 0 atom stereocenters. The number of halogens is 1. The first-order valence-corrected chi connectivity index (χ1v) is 9.12. The minimum Gasteiger partial charge on any atom is -0.488 e. The summed E-state index contributed by atoms with van der Waals surface area (Å²) in [5.41, 5.74) is 2.50. The zero-order valence-corrected chi connectivity index (χ0v) is 15.9. The molecule has 0 saturated heterocycles. The zero-order chi connectivity index (χ0) is 21.3. The van der Waals surface area contributed by atoms with E-state index in [-0.39, 0.29) is 29.7 Å². The number of hydrogen-bond acceptors (Lipinski definition) is 5. The van der Waals surface area contributed by atoms with E-state index in [1.165, 1.54) is 24.3 Å². The molecule has 0 N–H and O–H groups in total. The van der Waals surface area contributed by atoms with E-state index in [1.54, 1.807) is 49.4 Å². The molecule has 0 fully saturated rings. The number of nitro groups is 1. The molecule has 4 rings (SSSR count). The van der Waals surface area contributed by atoms with Crippen LogP contribution in [0.5, 0.6) is 11.5 Å². The summed E-state index contributed by atoms with van der Waals surface area (Å²) >= 11 is 0. The first kappa shape index (κ1) is 19.3. The Bertz CT molecular complexity index is 1170. The molecule has 0 aliphatic carbocycles. The molecule has 1 aliphatic rings. The van der Waals surface area contributed by atoms with Crippen LogP contribution in [0.25, 0.3) is 6.08 Å². The topological polar surface area (TPSA) is 78.7 Å². The summed E-state index contributed by atoms with van der Waals surface area (Å²) in [6.07, 6.45) is 1.55. The van der Waals surface area contributed by atoms with Gasteiger partial charge in [-0.05, 0) is 60.5 Å². The van der Waals surface area contributed by atoms with Crippen molar-refractivity contribution in [2.75, 3.05) is 0 Å². The van der Waals surface area contributed by atoms with E-state index < -0.39 is 4.92 Å². The highest BCUT2D eigenvalue weighted by molar-refractivity contribution is 6.14. The van der Waals surface area contributed by atoms with Gasteiger partial charge < -0.3 is 9.47 Å². The second kappa shape index (κ2) is 7.79. The molecule has 150 valence electrons. The van der Waals surface area contributed by atoms with Crippen molar-refractivity contribution in [1.29, 1.82) is 0 Å². The zero-order valence-electron chi connectivity index (χ0n) is 15.9. The number of ether oxygens (including phenoxy) is 2. The predicted octanol–water partition coefficient (Wildman–Crippen LogP) is 5.24.